The summed E-state index contributed by atoms with van der Waals surface area (Å²) in [6.45, 7) is 0. The summed E-state index contributed by atoms with van der Waals surface area (Å²) in [6.07, 6.45) is 3.36. The summed E-state index contributed by atoms with van der Waals surface area (Å²) in [6, 6.07) is 8.72. The van der Waals surface area contributed by atoms with Crippen molar-refractivity contribution in [3.8, 4) is 0 Å². The predicted octanol–water partition coefficient (Wildman–Crippen LogP) is 2.83. The normalized spacial score (nSPS) is 14.3. The molecule has 1 aromatic carbocycles. The molecule has 0 atom stereocenters. The quantitative estimate of drug-likeness (QED) is 0.638. The Balaban J connectivity index is 2.10. The molecule has 2 aromatic rings. The Morgan fingerprint density at radius 1 is 1.07 bits per heavy atom. The zero-order chi connectivity index (χ0) is 9.38. The molecule has 0 spiro atoms. The summed E-state index contributed by atoms with van der Waals surface area (Å²) in [5.74, 6) is 0. The zero-order valence-corrected chi connectivity index (χ0v) is 8.68. The Labute approximate surface area is 87.4 Å². The van der Waals surface area contributed by atoms with Crippen molar-refractivity contribution in [2.75, 3.05) is 0 Å². The minimum atomic E-state index is 1.02. The third-order valence-corrected chi connectivity index (χ3v) is 3.76. The van der Waals surface area contributed by atoms with Crippen LogP contribution in [0.15, 0.2) is 29.8 Å². The fourth-order valence-electron chi connectivity index (χ4n) is 2.04. The average Bonchev–Trinajstić information content (AvgIpc) is 2.58. The highest BCUT2D eigenvalue weighted by Crippen LogP contribution is 2.25. The maximum atomic E-state index is 4.43. The number of thiazole rings is 1. The second-order valence-corrected chi connectivity index (χ2v) is 4.61. The van der Waals surface area contributed by atoms with E-state index < -0.39 is 0 Å². The largest absolute Gasteiger partial charge is 0.249 e. The molecule has 0 bridgehead atoms. The number of fused-ring (bicyclic) bond motifs is 2. The molecule has 1 aliphatic carbocycles. The van der Waals surface area contributed by atoms with Crippen molar-refractivity contribution in [3.05, 3.63) is 51.5 Å². The van der Waals surface area contributed by atoms with Gasteiger partial charge in [0.15, 0.2) is 0 Å². The Bertz CT molecular complexity index is 459. The average molecular weight is 201 g/mol. The van der Waals surface area contributed by atoms with Crippen LogP contribution in [0.1, 0.15) is 21.7 Å². The van der Waals surface area contributed by atoms with Crippen LogP contribution in [0.4, 0.5) is 0 Å². The predicted molar refractivity (Wildman–Crippen MR) is 58.8 cm³/mol. The van der Waals surface area contributed by atoms with Gasteiger partial charge in [-0.2, -0.15) is 0 Å². The maximum absolute atomic E-state index is 4.43. The SMILES string of the molecule is c1ccc2c(c1)CCc1scnc1C2. The van der Waals surface area contributed by atoms with Gasteiger partial charge in [0.05, 0.1) is 11.2 Å². The first kappa shape index (κ1) is 8.18. The summed E-state index contributed by atoms with van der Waals surface area (Å²) < 4.78 is 0. The Hall–Kier alpha value is -1.15. The number of hydrogen-bond acceptors (Lipinski definition) is 2. The first-order valence-electron chi connectivity index (χ1n) is 4.91. The molecule has 0 unspecified atom stereocenters. The molecule has 1 heterocycles. The second kappa shape index (κ2) is 3.21. The van der Waals surface area contributed by atoms with E-state index in [9.17, 15) is 0 Å². The number of hydrogen-bond donors (Lipinski definition) is 0. The number of aromatic nitrogens is 1. The Morgan fingerprint density at radius 2 is 1.93 bits per heavy atom. The van der Waals surface area contributed by atoms with E-state index in [0.717, 1.165) is 12.8 Å². The topological polar surface area (TPSA) is 12.9 Å². The lowest BCUT2D eigenvalue weighted by atomic mass is 10.0. The van der Waals surface area contributed by atoms with Crippen molar-refractivity contribution >= 4 is 11.3 Å². The van der Waals surface area contributed by atoms with Crippen molar-refractivity contribution in [2.45, 2.75) is 19.3 Å². The third-order valence-electron chi connectivity index (χ3n) is 2.82. The number of benzene rings is 1. The van der Waals surface area contributed by atoms with Crippen LogP contribution in [0.3, 0.4) is 0 Å². The van der Waals surface area contributed by atoms with E-state index in [2.05, 4.69) is 29.2 Å². The molecule has 14 heavy (non-hydrogen) atoms. The highest BCUT2D eigenvalue weighted by Gasteiger charge is 2.14. The monoisotopic (exact) mass is 201 g/mol. The van der Waals surface area contributed by atoms with E-state index in [0.29, 0.717) is 0 Å². The van der Waals surface area contributed by atoms with Crippen LogP contribution in [0.5, 0.6) is 0 Å². The van der Waals surface area contributed by atoms with Crippen LogP contribution in [0, 0.1) is 0 Å². The number of nitrogens with zero attached hydrogens (tertiary/aromatic N) is 1. The van der Waals surface area contributed by atoms with Gasteiger partial charge in [0.2, 0.25) is 0 Å². The van der Waals surface area contributed by atoms with Gasteiger partial charge in [0.1, 0.15) is 0 Å². The van der Waals surface area contributed by atoms with Crippen molar-refractivity contribution in [2.24, 2.45) is 0 Å². The van der Waals surface area contributed by atoms with Gasteiger partial charge in [0.25, 0.3) is 0 Å². The molecule has 2 heteroatoms. The highest BCUT2D eigenvalue weighted by atomic mass is 32.1. The molecular formula is C12H11NS. The van der Waals surface area contributed by atoms with Crippen LogP contribution in [-0.4, -0.2) is 4.98 Å². The standard InChI is InChI=1S/C12H11NS/c1-2-4-10-7-11-12(14-8-13-11)6-5-9(10)3-1/h1-4,8H,5-7H2. The molecule has 0 aliphatic heterocycles. The Morgan fingerprint density at radius 3 is 2.86 bits per heavy atom. The van der Waals surface area contributed by atoms with E-state index >= 15 is 0 Å². The van der Waals surface area contributed by atoms with E-state index in [-0.39, 0.29) is 0 Å². The summed E-state index contributed by atoms with van der Waals surface area (Å²) in [5.41, 5.74) is 6.22. The molecule has 0 saturated heterocycles. The van der Waals surface area contributed by atoms with Gasteiger partial charge < -0.3 is 0 Å². The van der Waals surface area contributed by atoms with Crippen LogP contribution >= 0.6 is 11.3 Å². The lowest BCUT2D eigenvalue weighted by molar-refractivity contribution is 0.982. The zero-order valence-electron chi connectivity index (χ0n) is 7.86. The Kier molecular flexibility index (Phi) is 1.88. The van der Waals surface area contributed by atoms with E-state index in [1.54, 1.807) is 11.3 Å². The van der Waals surface area contributed by atoms with E-state index in [4.69, 9.17) is 0 Å². The first-order chi connectivity index (χ1) is 6.93. The molecule has 0 saturated carbocycles. The van der Waals surface area contributed by atoms with Gasteiger partial charge in [-0.3, -0.25) is 0 Å². The fourth-order valence-corrected chi connectivity index (χ4v) is 2.83. The molecule has 70 valence electrons. The van der Waals surface area contributed by atoms with Gasteiger partial charge in [-0.15, -0.1) is 11.3 Å². The highest BCUT2D eigenvalue weighted by molar-refractivity contribution is 7.09. The molecule has 0 amide bonds. The van der Waals surface area contributed by atoms with Gasteiger partial charge in [-0.1, -0.05) is 24.3 Å². The van der Waals surface area contributed by atoms with Crippen molar-refractivity contribution in [3.63, 3.8) is 0 Å². The van der Waals surface area contributed by atoms with Gasteiger partial charge in [-0.05, 0) is 24.0 Å². The lowest BCUT2D eigenvalue weighted by Gasteiger charge is -2.02. The third kappa shape index (κ3) is 1.26. The van der Waals surface area contributed by atoms with Crippen molar-refractivity contribution < 1.29 is 0 Å². The van der Waals surface area contributed by atoms with E-state index in [1.807, 2.05) is 5.51 Å². The molecule has 0 N–H and O–H groups in total. The maximum Gasteiger partial charge on any atom is 0.0797 e. The molecule has 1 aromatic heterocycles. The summed E-state index contributed by atoms with van der Waals surface area (Å²) in [5, 5.41) is 0. The molecule has 3 rings (SSSR count). The van der Waals surface area contributed by atoms with Crippen molar-refractivity contribution in [1.82, 2.24) is 4.98 Å². The number of rotatable bonds is 0. The van der Waals surface area contributed by atoms with Gasteiger partial charge in [0, 0.05) is 11.3 Å². The van der Waals surface area contributed by atoms with E-state index in [1.165, 1.54) is 28.1 Å². The van der Waals surface area contributed by atoms with Crippen LogP contribution in [0.2, 0.25) is 0 Å². The molecule has 1 aliphatic rings. The lowest BCUT2D eigenvalue weighted by Crippen LogP contribution is -1.91. The first-order valence-corrected chi connectivity index (χ1v) is 5.79. The van der Waals surface area contributed by atoms with Crippen molar-refractivity contribution in [1.29, 1.82) is 0 Å². The molecule has 1 nitrogen and oxygen atoms in total. The minimum absolute atomic E-state index is 1.02. The fraction of sp³-hybridized carbons (Fsp3) is 0.250. The molecular weight excluding hydrogens is 190 g/mol. The second-order valence-electron chi connectivity index (χ2n) is 3.67. The molecule has 0 fully saturated rings. The smallest absolute Gasteiger partial charge is 0.0797 e. The molecule has 0 radical (unpaired) electrons. The van der Waals surface area contributed by atoms with Gasteiger partial charge >= 0.3 is 0 Å². The summed E-state index contributed by atoms with van der Waals surface area (Å²) in [7, 11) is 0. The van der Waals surface area contributed by atoms with Crippen LogP contribution in [0.25, 0.3) is 0 Å². The summed E-state index contributed by atoms with van der Waals surface area (Å²) >= 11 is 1.80. The van der Waals surface area contributed by atoms with Crippen LogP contribution < -0.4 is 0 Å². The van der Waals surface area contributed by atoms with Crippen LogP contribution in [-0.2, 0) is 19.3 Å². The summed E-state index contributed by atoms with van der Waals surface area (Å²) in [4.78, 5) is 5.91. The minimum Gasteiger partial charge on any atom is -0.249 e. The van der Waals surface area contributed by atoms with Gasteiger partial charge in [-0.25, -0.2) is 4.98 Å². The number of aryl methyl sites for hydroxylation is 2.